The lowest BCUT2D eigenvalue weighted by Crippen LogP contribution is -2.35. The normalized spacial score (nSPS) is 12.5. The first-order chi connectivity index (χ1) is 9.40. The first kappa shape index (κ1) is 18.4. The number of hydrogen-bond acceptors (Lipinski definition) is 5. The Labute approximate surface area is 123 Å². The molecule has 0 bridgehead atoms. The maximum Gasteiger partial charge on any atom is 0.414 e. The first-order valence-corrected chi connectivity index (χ1v) is 6.84. The lowest BCUT2D eigenvalue weighted by Gasteiger charge is -2.13. The van der Waals surface area contributed by atoms with Crippen molar-refractivity contribution in [1.82, 2.24) is 5.32 Å². The molecule has 1 atom stereocenters. The van der Waals surface area contributed by atoms with Crippen LogP contribution in [0.4, 0.5) is 4.79 Å². The van der Waals surface area contributed by atoms with E-state index in [1.54, 1.807) is 19.9 Å². The molecular formula is C13H20ClNO5. The SMILES string of the molecule is CCCC=C(C)C(=O)OCC(C)OC(=O)NC(=O)CCl. The number of alkyl halides is 1. The minimum Gasteiger partial charge on any atom is -0.458 e. The van der Waals surface area contributed by atoms with E-state index in [9.17, 15) is 14.4 Å². The monoisotopic (exact) mass is 305 g/mol. The molecule has 0 saturated carbocycles. The molecule has 0 aliphatic rings. The maximum absolute atomic E-state index is 11.5. The molecule has 0 spiro atoms. The first-order valence-electron chi connectivity index (χ1n) is 6.31. The predicted molar refractivity (Wildman–Crippen MR) is 74.4 cm³/mol. The Balaban J connectivity index is 4.04. The van der Waals surface area contributed by atoms with E-state index in [1.807, 2.05) is 12.2 Å². The van der Waals surface area contributed by atoms with E-state index in [0.717, 1.165) is 12.8 Å². The molecule has 2 amide bonds. The number of imide groups is 1. The van der Waals surface area contributed by atoms with Gasteiger partial charge in [-0.2, -0.15) is 0 Å². The smallest absolute Gasteiger partial charge is 0.414 e. The number of allylic oxidation sites excluding steroid dienone is 1. The number of halogens is 1. The van der Waals surface area contributed by atoms with Gasteiger partial charge in [-0.25, -0.2) is 9.59 Å². The average molecular weight is 306 g/mol. The summed E-state index contributed by atoms with van der Waals surface area (Å²) in [6.07, 6.45) is 1.95. The van der Waals surface area contributed by atoms with Crippen molar-refractivity contribution in [2.45, 2.75) is 39.7 Å². The fourth-order valence-electron chi connectivity index (χ4n) is 1.14. The molecule has 0 aromatic carbocycles. The summed E-state index contributed by atoms with van der Waals surface area (Å²) >= 11 is 5.22. The van der Waals surface area contributed by atoms with Crippen molar-refractivity contribution in [1.29, 1.82) is 0 Å². The third-order valence-electron chi connectivity index (χ3n) is 2.18. The second kappa shape index (κ2) is 10.3. The highest BCUT2D eigenvalue weighted by Gasteiger charge is 2.14. The Morgan fingerprint density at radius 2 is 2.00 bits per heavy atom. The van der Waals surface area contributed by atoms with Crippen LogP contribution in [-0.4, -0.2) is 36.6 Å². The zero-order chi connectivity index (χ0) is 15.5. The van der Waals surface area contributed by atoms with Gasteiger partial charge in [0, 0.05) is 5.57 Å². The van der Waals surface area contributed by atoms with Crippen LogP contribution in [0.5, 0.6) is 0 Å². The van der Waals surface area contributed by atoms with Gasteiger partial charge < -0.3 is 9.47 Å². The highest BCUT2D eigenvalue weighted by atomic mass is 35.5. The second-order valence-corrected chi connectivity index (χ2v) is 4.44. The molecule has 0 saturated heterocycles. The molecule has 114 valence electrons. The van der Waals surface area contributed by atoms with E-state index >= 15 is 0 Å². The van der Waals surface area contributed by atoms with Crippen molar-refractivity contribution in [2.75, 3.05) is 12.5 Å². The Morgan fingerprint density at radius 1 is 1.35 bits per heavy atom. The van der Waals surface area contributed by atoms with Crippen LogP contribution in [0.2, 0.25) is 0 Å². The van der Waals surface area contributed by atoms with Gasteiger partial charge in [-0.1, -0.05) is 19.4 Å². The van der Waals surface area contributed by atoms with E-state index in [1.165, 1.54) is 0 Å². The van der Waals surface area contributed by atoms with Gasteiger partial charge in [-0.3, -0.25) is 10.1 Å². The van der Waals surface area contributed by atoms with E-state index in [2.05, 4.69) is 0 Å². The molecule has 20 heavy (non-hydrogen) atoms. The number of esters is 1. The summed E-state index contributed by atoms with van der Waals surface area (Å²) in [5.74, 6) is -1.44. The lowest BCUT2D eigenvalue weighted by molar-refractivity contribution is -0.141. The number of rotatable bonds is 7. The molecule has 0 aliphatic carbocycles. The number of nitrogens with one attached hydrogen (secondary N) is 1. The van der Waals surface area contributed by atoms with Crippen LogP contribution in [0.3, 0.4) is 0 Å². The van der Waals surface area contributed by atoms with Crippen molar-refractivity contribution in [3.05, 3.63) is 11.6 Å². The fraction of sp³-hybridized carbons (Fsp3) is 0.615. The van der Waals surface area contributed by atoms with Crippen LogP contribution in [0, 0.1) is 0 Å². The van der Waals surface area contributed by atoms with E-state index in [-0.39, 0.29) is 12.5 Å². The average Bonchev–Trinajstić information content (AvgIpc) is 2.41. The Kier molecular flexibility index (Phi) is 9.45. The van der Waals surface area contributed by atoms with Crippen LogP contribution >= 0.6 is 11.6 Å². The van der Waals surface area contributed by atoms with Gasteiger partial charge in [0.1, 0.15) is 18.6 Å². The van der Waals surface area contributed by atoms with Crippen molar-refractivity contribution in [3.8, 4) is 0 Å². The summed E-state index contributed by atoms with van der Waals surface area (Å²) in [7, 11) is 0. The number of unbranched alkanes of at least 4 members (excludes halogenated alkanes) is 1. The molecule has 0 rings (SSSR count). The number of carbonyl (C=O) groups is 3. The second-order valence-electron chi connectivity index (χ2n) is 4.17. The lowest BCUT2D eigenvalue weighted by atomic mass is 10.2. The molecule has 0 aliphatic heterocycles. The largest absolute Gasteiger partial charge is 0.458 e. The van der Waals surface area contributed by atoms with Crippen molar-refractivity contribution >= 4 is 29.6 Å². The van der Waals surface area contributed by atoms with Crippen LogP contribution in [0.25, 0.3) is 0 Å². The highest BCUT2D eigenvalue weighted by Crippen LogP contribution is 2.02. The van der Waals surface area contributed by atoms with Crippen molar-refractivity contribution in [3.63, 3.8) is 0 Å². The molecule has 0 heterocycles. The molecule has 1 unspecified atom stereocenters. The van der Waals surface area contributed by atoms with Gasteiger partial charge in [0.2, 0.25) is 5.91 Å². The highest BCUT2D eigenvalue weighted by molar-refractivity contribution is 6.28. The van der Waals surface area contributed by atoms with Crippen LogP contribution in [0.15, 0.2) is 11.6 Å². The van der Waals surface area contributed by atoms with Crippen LogP contribution in [-0.2, 0) is 19.1 Å². The Hall–Kier alpha value is -1.56. The minimum atomic E-state index is -0.919. The minimum absolute atomic E-state index is 0.0847. The molecule has 0 radical (unpaired) electrons. The maximum atomic E-state index is 11.5. The summed E-state index contributed by atoms with van der Waals surface area (Å²) in [6, 6.07) is 0. The number of alkyl carbamates (subject to hydrolysis) is 1. The van der Waals surface area contributed by atoms with Crippen molar-refractivity contribution < 1.29 is 23.9 Å². The van der Waals surface area contributed by atoms with Crippen molar-refractivity contribution in [2.24, 2.45) is 0 Å². The summed E-state index contributed by atoms with van der Waals surface area (Å²) < 4.78 is 9.78. The molecule has 0 aromatic heterocycles. The van der Waals surface area contributed by atoms with Gasteiger partial charge in [0.05, 0.1) is 0 Å². The summed E-state index contributed by atoms with van der Waals surface area (Å²) in [5, 5.41) is 1.91. The number of hydrogen-bond donors (Lipinski definition) is 1. The predicted octanol–water partition coefficient (Wildman–Crippen LogP) is 2.16. The number of carbonyl (C=O) groups excluding carboxylic acids is 3. The molecular weight excluding hydrogens is 286 g/mol. The van der Waals surface area contributed by atoms with Gasteiger partial charge in [0.15, 0.2) is 0 Å². The van der Waals surface area contributed by atoms with E-state index < -0.39 is 24.1 Å². The zero-order valence-electron chi connectivity index (χ0n) is 11.9. The van der Waals surface area contributed by atoms with Crippen LogP contribution in [0.1, 0.15) is 33.6 Å². The van der Waals surface area contributed by atoms with Gasteiger partial charge in [-0.05, 0) is 20.3 Å². The third-order valence-corrected chi connectivity index (χ3v) is 2.42. The van der Waals surface area contributed by atoms with Gasteiger partial charge >= 0.3 is 12.1 Å². The molecule has 0 fully saturated rings. The number of amides is 2. The summed E-state index contributed by atoms with van der Waals surface area (Å²) in [6.45, 7) is 5.13. The summed E-state index contributed by atoms with van der Waals surface area (Å²) in [4.78, 5) is 33.5. The molecule has 6 nitrogen and oxygen atoms in total. The Bertz CT molecular complexity index is 381. The Morgan fingerprint density at radius 3 is 2.55 bits per heavy atom. The van der Waals surface area contributed by atoms with E-state index in [0.29, 0.717) is 5.57 Å². The molecule has 0 aromatic rings. The van der Waals surface area contributed by atoms with Gasteiger partial charge in [0.25, 0.3) is 0 Å². The quantitative estimate of drug-likeness (QED) is 0.443. The molecule has 1 N–H and O–H groups in total. The zero-order valence-corrected chi connectivity index (χ0v) is 12.7. The molecule has 7 heteroatoms. The van der Waals surface area contributed by atoms with Crippen LogP contribution < -0.4 is 5.32 Å². The fourth-order valence-corrected chi connectivity index (χ4v) is 1.21. The van der Waals surface area contributed by atoms with E-state index in [4.69, 9.17) is 21.1 Å². The van der Waals surface area contributed by atoms with Gasteiger partial charge in [-0.15, -0.1) is 11.6 Å². The standard InChI is InChI=1S/C13H20ClNO5/c1-4-5-6-9(2)12(17)19-8-10(3)20-13(18)15-11(16)7-14/h6,10H,4-5,7-8H2,1-3H3,(H,15,16,18). The number of ether oxygens (including phenoxy) is 2. The topological polar surface area (TPSA) is 81.7 Å². The summed E-state index contributed by atoms with van der Waals surface area (Å²) in [5.41, 5.74) is 0.515. The third kappa shape index (κ3) is 8.53.